The molecule has 0 aromatic carbocycles. The van der Waals surface area contributed by atoms with Crippen molar-refractivity contribution < 1.29 is 14.7 Å². The number of aliphatic carboxylic acids is 1. The lowest BCUT2D eigenvalue weighted by atomic mass is 9.76. The first-order chi connectivity index (χ1) is 9.40. The molecule has 114 valence electrons. The third kappa shape index (κ3) is 3.51. The van der Waals surface area contributed by atoms with Crippen molar-refractivity contribution in [3.63, 3.8) is 0 Å². The average molecular weight is 282 g/mol. The molecule has 20 heavy (non-hydrogen) atoms. The van der Waals surface area contributed by atoms with Gasteiger partial charge in [0.2, 0.25) is 5.91 Å². The van der Waals surface area contributed by atoms with E-state index in [4.69, 9.17) is 10.8 Å². The van der Waals surface area contributed by atoms with Crippen LogP contribution in [-0.4, -0.2) is 28.6 Å². The number of nitrogens with one attached hydrogen (secondary N) is 1. The number of nitrogens with two attached hydrogens (primary N) is 1. The normalized spacial score (nSPS) is 38.2. The van der Waals surface area contributed by atoms with E-state index < -0.39 is 11.5 Å². The second-order valence-electron chi connectivity index (χ2n) is 6.72. The number of carboxylic acid groups (broad SMARTS) is 1. The second kappa shape index (κ2) is 6.12. The summed E-state index contributed by atoms with van der Waals surface area (Å²) in [5.74, 6) is -0.499. The molecule has 2 fully saturated rings. The lowest BCUT2D eigenvalue weighted by Crippen LogP contribution is -2.58. The Hall–Kier alpha value is -1.10. The molecule has 0 heterocycles. The molecule has 0 aliphatic heterocycles. The highest BCUT2D eigenvalue weighted by Crippen LogP contribution is 2.31. The molecule has 2 unspecified atom stereocenters. The second-order valence-corrected chi connectivity index (χ2v) is 6.72. The topological polar surface area (TPSA) is 92.4 Å². The Morgan fingerprint density at radius 2 is 1.85 bits per heavy atom. The van der Waals surface area contributed by atoms with Gasteiger partial charge in [-0.15, -0.1) is 0 Å². The van der Waals surface area contributed by atoms with Gasteiger partial charge in [0.1, 0.15) is 0 Å². The van der Waals surface area contributed by atoms with Gasteiger partial charge in [-0.1, -0.05) is 19.8 Å². The summed E-state index contributed by atoms with van der Waals surface area (Å²) in [6.45, 7) is 2.14. The zero-order chi connectivity index (χ0) is 14.8. The molecule has 0 aromatic heterocycles. The van der Waals surface area contributed by atoms with Crippen LogP contribution in [0.4, 0.5) is 0 Å². The van der Waals surface area contributed by atoms with E-state index in [1.54, 1.807) is 0 Å². The monoisotopic (exact) mass is 282 g/mol. The standard InChI is InChI=1S/C15H26N2O3/c1-10-3-2-8-15(16,9-10)14(20)17-12-6-4-11(5-7-12)13(18)19/h10-12H,2-9,16H2,1H3,(H,17,20)(H,18,19). The smallest absolute Gasteiger partial charge is 0.306 e. The fourth-order valence-electron chi connectivity index (χ4n) is 3.61. The van der Waals surface area contributed by atoms with Crippen LogP contribution in [-0.2, 0) is 9.59 Å². The maximum atomic E-state index is 12.4. The van der Waals surface area contributed by atoms with Crippen LogP contribution >= 0.6 is 0 Å². The molecule has 0 spiro atoms. The van der Waals surface area contributed by atoms with E-state index in [1.807, 2.05) is 0 Å². The van der Waals surface area contributed by atoms with Gasteiger partial charge >= 0.3 is 5.97 Å². The number of carbonyl (C=O) groups excluding carboxylic acids is 1. The Labute approximate surface area is 120 Å². The van der Waals surface area contributed by atoms with Crippen LogP contribution in [0, 0.1) is 11.8 Å². The molecule has 0 saturated heterocycles. The Kier molecular flexibility index (Phi) is 4.68. The predicted octanol–water partition coefficient (Wildman–Crippen LogP) is 1.65. The predicted molar refractivity (Wildman–Crippen MR) is 76.1 cm³/mol. The summed E-state index contributed by atoms with van der Waals surface area (Å²) in [7, 11) is 0. The molecule has 4 N–H and O–H groups in total. The van der Waals surface area contributed by atoms with E-state index in [9.17, 15) is 9.59 Å². The highest BCUT2D eigenvalue weighted by molar-refractivity contribution is 5.86. The van der Waals surface area contributed by atoms with Gasteiger partial charge in [0.15, 0.2) is 0 Å². The molecule has 5 nitrogen and oxygen atoms in total. The molecule has 0 aromatic rings. The maximum Gasteiger partial charge on any atom is 0.306 e. The number of carboxylic acids is 1. The first-order valence-corrected chi connectivity index (χ1v) is 7.73. The number of hydrogen-bond acceptors (Lipinski definition) is 3. The van der Waals surface area contributed by atoms with Gasteiger partial charge in [-0.25, -0.2) is 0 Å². The van der Waals surface area contributed by atoms with Crippen LogP contribution in [0.1, 0.15) is 58.3 Å². The van der Waals surface area contributed by atoms with Crippen LogP contribution in [0.2, 0.25) is 0 Å². The molecule has 2 saturated carbocycles. The van der Waals surface area contributed by atoms with Crippen LogP contribution in [0.25, 0.3) is 0 Å². The molecule has 2 aliphatic rings. The fraction of sp³-hybridized carbons (Fsp3) is 0.867. The number of carbonyl (C=O) groups is 2. The number of hydrogen-bond donors (Lipinski definition) is 3. The third-order valence-corrected chi connectivity index (χ3v) is 4.90. The van der Waals surface area contributed by atoms with E-state index in [0.29, 0.717) is 18.8 Å². The van der Waals surface area contributed by atoms with Gasteiger partial charge in [-0.05, 0) is 44.4 Å². The van der Waals surface area contributed by atoms with E-state index in [-0.39, 0.29) is 17.9 Å². The summed E-state index contributed by atoms with van der Waals surface area (Å²) in [5.41, 5.74) is 5.56. The van der Waals surface area contributed by atoms with E-state index >= 15 is 0 Å². The van der Waals surface area contributed by atoms with E-state index in [2.05, 4.69) is 12.2 Å². The molecule has 1 amide bonds. The lowest BCUT2D eigenvalue weighted by Gasteiger charge is -2.37. The van der Waals surface area contributed by atoms with Crippen molar-refractivity contribution in [1.29, 1.82) is 0 Å². The number of rotatable bonds is 3. The van der Waals surface area contributed by atoms with Crippen molar-refractivity contribution in [1.82, 2.24) is 5.32 Å². The molecule has 2 aliphatic carbocycles. The molecular weight excluding hydrogens is 256 g/mol. The summed E-state index contributed by atoms with van der Waals surface area (Å²) in [6, 6.07) is 0.0933. The van der Waals surface area contributed by atoms with Gasteiger partial charge in [-0.2, -0.15) is 0 Å². The molecule has 0 radical (unpaired) electrons. The van der Waals surface area contributed by atoms with Crippen molar-refractivity contribution in [2.45, 2.75) is 69.9 Å². The van der Waals surface area contributed by atoms with E-state index in [0.717, 1.165) is 38.5 Å². The van der Waals surface area contributed by atoms with Gasteiger partial charge < -0.3 is 16.2 Å². The third-order valence-electron chi connectivity index (χ3n) is 4.90. The van der Waals surface area contributed by atoms with Crippen LogP contribution in [0.3, 0.4) is 0 Å². The Balaban J connectivity index is 1.84. The molecular formula is C15H26N2O3. The highest BCUT2D eigenvalue weighted by atomic mass is 16.4. The van der Waals surface area contributed by atoms with Crippen molar-refractivity contribution in [2.75, 3.05) is 0 Å². The molecule has 5 heteroatoms. The minimum absolute atomic E-state index is 0.0391. The van der Waals surface area contributed by atoms with Crippen molar-refractivity contribution >= 4 is 11.9 Å². The highest BCUT2D eigenvalue weighted by Gasteiger charge is 2.39. The van der Waals surface area contributed by atoms with Gasteiger partial charge in [0, 0.05) is 6.04 Å². The number of amides is 1. The Bertz CT molecular complexity index is 377. The lowest BCUT2D eigenvalue weighted by molar-refractivity contribution is -0.142. The summed E-state index contributed by atoms with van der Waals surface area (Å²) in [4.78, 5) is 23.3. The Morgan fingerprint density at radius 1 is 1.20 bits per heavy atom. The summed E-state index contributed by atoms with van der Waals surface area (Å²) >= 11 is 0. The summed E-state index contributed by atoms with van der Waals surface area (Å²) < 4.78 is 0. The minimum atomic E-state index is -0.721. The van der Waals surface area contributed by atoms with Gasteiger partial charge in [0.25, 0.3) is 0 Å². The van der Waals surface area contributed by atoms with Crippen LogP contribution in [0.5, 0.6) is 0 Å². The van der Waals surface area contributed by atoms with Gasteiger partial charge in [-0.3, -0.25) is 9.59 Å². The van der Waals surface area contributed by atoms with Crippen LogP contribution < -0.4 is 11.1 Å². The zero-order valence-corrected chi connectivity index (χ0v) is 12.2. The van der Waals surface area contributed by atoms with E-state index in [1.165, 1.54) is 0 Å². The van der Waals surface area contributed by atoms with Gasteiger partial charge in [0.05, 0.1) is 11.5 Å². The maximum absolute atomic E-state index is 12.4. The fourth-order valence-corrected chi connectivity index (χ4v) is 3.61. The van der Waals surface area contributed by atoms with Crippen molar-refractivity contribution in [2.24, 2.45) is 17.6 Å². The molecule has 0 bridgehead atoms. The Morgan fingerprint density at radius 3 is 2.40 bits per heavy atom. The minimum Gasteiger partial charge on any atom is -0.481 e. The molecule has 2 rings (SSSR count). The summed E-state index contributed by atoms with van der Waals surface area (Å²) in [6.07, 6.45) is 6.45. The average Bonchev–Trinajstić information content (AvgIpc) is 2.39. The first kappa shape index (κ1) is 15.3. The zero-order valence-electron chi connectivity index (χ0n) is 12.2. The van der Waals surface area contributed by atoms with Crippen molar-refractivity contribution in [3.05, 3.63) is 0 Å². The SMILES string of the molecule is CC1CCCC(N)(C(=O)NC2CCC(C(=O)O)CC2)C1. The molecule has 2 atom stereocenters. The quantitative estimate of drug-likeness (QED) is 0.734. The van der Waals surface area contributed by atoms with Crippen molar-refractivity contribution in [3.8, 4) is 0 Å². The summed E-state index contributed by atoms with van der Waals surface area (Å²) in [5, 5.41) is 12.0. The van der Waals surface area contributed by atoms with Crippen LogP contribution in [0.15, 0.2) is 0 Å². The first-order valence-electron chi connectivity index (χ1n) is 7.73. The largest absolute Gasteiger partial charge is 0.481 e.